The molecular formula is C9H12BrN3. The molecule has 0 radical (unpaired) electrons. The van der Waals surface area contributed by atoms with Gasteiger partial charge in [-0.3, -0.25) is 15.2 Å². The summed E-state index contributed by atoms with van der Waals surface area (Å²) in [6, 6.07) is 2.10. The topological polar surface area (TPSA) is 28.2 Å². The van der Waals surface area contributed by atoms with Crippen molar-refractivity contribution in [2.45, 2.75) is 6.17 Å². The van der Waals surface area contributed by atoms with Gasteiger partial charge in [0.15, 0.2) is 0 Å². The fraction of sp³-hybridized carbons (Fsp3) is 0.444. The van der Waals surface area contributed by atoms with Crippen molar-refractivity contribution in [3.8, 4) is 0 Å². The number of pyridine rings is 1. The van der Waals surface area contributed by atoms with Gasteiger partial charge in [0.2, 0.25) is 0 Å². The van der Waals surface area contributed by atoms with E-state index in [1.807, 2.05) is 6.20 Å². The van der Waals surface area contributed by atoms with Crippen molar-refractivity contribution in [3.05, 3.63) is 28.5 Å². The molecule has 70 valence electrons. The van der Waals surface area contributed by atoms with Crippen LogP contribution < -0.4 is 5.32 Å². The van der Waals surface area contributed by atoms with Gasteiger partial charge in [-0.25, -0.2) is 0 Å². The highest BCUT2D eigenvalue weighted by Crippen LogP contribution is 2.21. The van der Waals surface area contributed by atoms with E-state index in [4.69, 9.17) is 0 Å². The highest BCUT2D eigenvalue weighted by molar-refractivity contribution is 9.10. The van der Waals surface area contributed by atoms with Gasteiger partial charge in [0.25, 0.3) is 0 Å². The Hall–Kier alpha value is -0.450. The summed E-state index contributed by atoms with van der Waals surface area (Å²) >= 11 is 3.42. The Balaban J connectivity index is 2.24. The maximum absolute atomic E-state index is 4.15. The van der Waals surface area contributed by atoms with Crippen LogP contribution in [0.4, 0.5) is 0 Å². The second kappa shape index (κ2) is 3.74. The minimum atomic E-state index is 0.324. The molecule has 0 bridgehead atoms. The van der Waals surface area contributed by atoms with Crippen molar-refractivity contribution in [1.29, 1.82) is 0 Å². The second-order valence-corrected chi connectivity index (χ2v) is 4.19. The molecule has 1 aliphatic rings. The predicted molar refractivity (Wildman–Crippen MR) is 55.3 cm³/mol. The van der Waals surface area contributed by atoms with Crippen molar-refractivity contribution < 1.29 is 0 Å². The molecule has 0 saturated carbocycles. The van der Waals surface area contributed by atoms with E-state index in [0.717, 1.165) is 17.6 Å². The molecule has 1 atom stereocenters. The van der Waals surface area contributed by atoms with Crippen LogP contribution in [-0.2, 0) is 0 Å². The first-order valence-corrected chi connectivity index (χ1v) is 5.11. The molecule has 0 amide bonds. The highest BCUT2D eigenvalue weighted by Gasteiger charge is 2.21. The van der Waals surface area contributed by atoms with Crippen molar-refractivity contribution in [1.82, 2.24) is 15.2 Å². The predicted octanol–water partition coefficient (Wildman–Crippen LogP) is 1.38. The lowest BCUT2D eigenvalue weighted by Crippen LogP contribution is -2.23. The summed E-state index contributed by atoms with van der Waals surface area (Å²) in [5.74, 6) is 0. The lowest BCUT2D eigenvalue weighted by atomic mass is 10.2. The lowest BCUT2D eigenvalue weighted by Gasteiger charge is -2.19. The van der Waals surface area contributed by atoms with Crippen LogP contribution in [0.1, 0.15) is 11.7 Å². The molecule has 1 fully saturated rings. The number of aromatic nitrogens is 1. The third-order valence-electron chi connectivity index (χ3n) is 2.28. The minimum Gasteiger partial charge on any atom is -0.297 e. The van der Waals surface area contributed by atoms with Gasteiger partial charge in [-0.2, -0.15) is 0 Å². The van der Waals surface area contributed by atoms with E-state index in [9.17, 15) is 0 Å². The average molecular weight is 242 g/mol. The molecule has 1 aromatic rings. The van der Waals surface area contributed by atoms with Crippen molar-refractivity contribution in [3.63, 3.8) is 0 Å². The maximum Gasteiger partial charge on any atom is 0.0874 e. The van der Waals surface area contributed by atoms with Crippen molar-refractivity contribution in [2.24, 2.45) is 0 Å². The quantitative estimate of drug-likeness (QED) is 0.806. The first kappa shape index (κ1) is 9.12. The smallest absolute Gasteiger partial charge is 0.0874 e. The Morgan fingerprint density at radius 1 is 1.62 bits per heavy atom. The monoisotopic (exact) mass is 241 g/mol. The van der Waals surface area contributed by atoms with E-state index in [0.29, 0.717) is 6.17 Å². The van der Waals surface area contributed by atoms with E-state index in [1.165, 1.54) is 5.56 Å². The van der Waals surface area contributed by atoms with E-state index >= 15 is 0 Å². The van der Waals surface area contributed by atoms with Crippen LogP contribution in [0, 0.1) is 0 Å². The van der Waals surface area contributed by atoms with E-state index in [2.05, 4.69) is 44.2 Å². The summed E-state index contributed by atoms with van der Waals surface area (Å²) in [7, 11) is 2.12. The van der Waals surface area contributed by atoms with Crippen LogP contribution in [0.15, 0.2) is 22.9 Å². The first-order valence-electron chi connectivity index (χ1n) is 4.31. The zero-order chi connectivity index (χ0) is 9.26. The van der Waals surface area contributed by atoms with Crippen LogP contribution in [0.2, 0.25) is 0 Å². The molecule has 2 heterocycles. The standard InChI is InChI=1S/C9H12BrN3/c1-13-3-2-12-9(13)7-4-8(10)6-11-5-7/h4-6,9,12H,2-3H2,1H3. The van der Waals surface area contributed by atoms with Gasteiger partial charge in [0.05, 0.1) is 6.17 Å². The average Bonchev–Trinajstić information content (AvgIpc) is 2.51. The fourth-order valence-corrected chi connectivity index (χ4v) is 2.00. The molecule has 1 N–H and O–H groups in total. The molecule has 13 heavy (non-hydrogen) atoms. The van der Waals surface area contributed by atoms with Gasteiger partial charge < -0.3 is 0 Å². The van der Waals surface area contributed by atoms with Crippen LogP contribution in [0.25, 0.3) is 0 Å². The summed E-state index contributed by atoms with van der Waals surface area (Å²) < 4.78 is 1.03. The molecule has 0 aromatic carbocycles. The van der Waals surface area contributed by atoms with Crippen LogP contribution in [-0.4, -0.2) is 30.0 Å². The Morgan fingerprint density at radius 2 is 2.46 bits per heavy atom. The fourth-order valence-electron chi connectivity index (χ4n) is 1.61. The summed E-state index contributed by atoms with van der Waals surface area (Å²) in [5.41, 5.74) is 1.22. The number of nitrogens with zero attached hydrogens (tertiary/aromatic N) is 2. The number of halogens is 1. The number of hydrogen-bond donors (Lipinski definition) is 1. The van der Waals surface area contributed by atoms with Crippen molar-refractivity contribution in [2.75, 3.05) is 20.1 Å². The van der Waals surface area contributed by atoms with Gasteiger partial charge in [-0.15, -0.1) is 0 Å². The number of likely N-dealkylation sites (N-methyl/N-ethyl adjacent to an activating group) is 1. The van der Waals surface area contributed by atoms with Gasteiger partial charge in [-0.1, -0.05) is 0 Å². The van der Waals surface area contributed by atoms with Crippen molar-refractivity contribution >= 4 is 15.9 Å². The van der Waals surface area contributed by atoms with E-state index in [1.54, 1.807) is 6.20 Å². The van der Waals surface area contributed by atoms with E-state index < -0.39 is 0 Å². The second-order valence-electron chi connectivity index (χ2n) is 3.27. The summed E-state index contributed by atoms with van der Waals surface area (Å²) in [6.07, 6.45) is 4.04. The minimum absolute atomic E-state index is 0.324. The van der Waals surface area contributed by atoms with Crippen LogP contribution in [0.3, 0.4) is 0 Å². The molecule has 1 aliphatic heterocycles. The van der Waals surface area contributed by atoms with Crippen LogP contribution in [0.5, 0.6) is 0 Å². The SMILES string of the molecule is CN1CCNC1c1cncc(Br)c1. The molecule has 0 aliphatic carbocycles. The molecule has 1 aromatic heterocycles. The van der Waals surface area contributed by atoms with Gasteiger partial charge >= 0.3 is 0 Å². The number of nitrogens with one attached hydrogen (secondary N) is 1. The summed E-state index contributed by atoms with van der Waals surface area (Å²) in [6.45, 7) is 2.14. The largest absolute Gasteiger partial charge is 0.297 e. The molecule has 1 saturated heterocycles. The summed E-state index contributed by atoms with van der Waals surface area (Å²) in [5, 5.41) is 3.41. The Labute approximate surface area is 86.3 Å². The molecule has 4 heteroatoms. The van der Waals surface area contributed by atoms with Gasteiger partial charge in [0, 0.05) is 35.5 Å². The molecule has 1 unspecified atom stereocenters. The number of rotatable bonds is 1. The third kappa shape index (κ3) is 1.90. The number of hydrogen-bond acceptors (Lipinski definition) is 3. The molecule has 3 nitrogen and oxygen atoms in total. The zero-order valence-corrected chi connectivity index (χ0v) is 9.08. The summed E-state index contributed by atoms with van der Waals surface area (Å²) in [4.78, 5) is 6.43. The van der Waals surface area contributed by atoms with Crippen LogP contribution >= 0.6 is 15.9 Å². The maximum atomic E-state index is 4.15. The highest BCUT2D eigenvalue weighted by atomic mass is 79.9. The first-order chi connectivity index (χ1) is 6.27. The van der Waals surface area contributed by atoms with Gasteiger partial charge in [-0.05, 0) is 29.0 Å². The molecule has 2 rings (SSSR count). The molecular weight excluding hydrogens is 230 g/mol. The van der Waals surface area contributed by atoms with Gasteiger partial charge in [0.1, 0.15) is 0 Å². The lowest BCUT2D eigenvalue weighted by molar-refractivity contribution is 0.300. The Kier molecular flexibility index (Phi) is 2.62. The molecule has 0 spiro atoms. The Bertz CT molecular complexity index is 303. The zero-order valence-electron chi connectivity index (χ0n) is 7.50. The third-order valence-corrected chi connectivity index (χ3v) is 2.72. The van der Waals surface area contributed by atoms with E-state index in [-0.39, 0.29) is 0 Å². The Morgan fingerprint density at radius 3 is 3.08 bits per heavy atom. The normalized spacial score (nSPS) is 23.7.